The summed E-state index contributed by atoms with van der Waals surface area (Å²) in [4.78, 5) is 16.1. The molecule has 2 aliphatic heterocycles. The number of H-pyrrole nitrogens is 1. The maximum absolute atomic E-state index is 13.1. The Bertz CT molecular complexity index is 923. The van der Waals surface area contributed by atoms with E-state index in [1.54, 1.807) is 0 Å². The van der Waals surface area contributed by atoms with E-state index >= 15 is 0 Å². The third-order valence-corrected chi connectivity index (χ3v) is 8.00. The number of fused-ring (bicyclic) bond motifs is 3. The fraction of sp³-hybridized carbons (Fsp3) is 0.533. The van der Waals surface area contributed by atoms with Gasteiger partial charge in [0.05, 0.1) is 15.7 Å². The molecule has 2 unspecified atom stereocenters. The summed E-state index contributed by atoms with van der Waals surface area (Å²) >= 11 is 6.23. The fourth-order valence-corrected chi connectivity index (χ4v) is 6.41. The summed E-state index contributed by atoms with van der Waals surface area (Å²) < 4.78 is 31.1. The van der Waals surface area contributed by atoms with Crippen molar-refractivity contribution in [2.45, 2.75) is 47.9 Å². The van der Waals surface area contributed by atoms with Crippen molar-refractivity contribution in [1.82, 2.24) is 9.88 Å². The fourth-order valence-electron chi connectivity index (χ4n) is 3.98. The lowest BCUT2D eigenvalue weighted by Gasteiger charge is -2.36. The second-order valence-corrected chi connectivity index (χ2v) is 9.03. The van der Waals surface area contributed by atoms with Crippen LogP contribution in [-0.2, 0) is 9.84 Å². The van der Waals surface area contributed by atoms with Crippen molar-refractivity contribution in [2.75, 3.05) is 7.05 Å². The highest BCUT2D eigenvalue weighted by Crippen LogP contribution is 2.40. The minimum atomic E-state index is -3.56. The van der Waals surface area contributed by atoms with E-state index in [0.29, 0.717) is 30.4 Å². The smallest absolute Gasteiger partial charge is 0.406 e. The third-order valence-electron chi connectivity index (χ3n) is 5.29. The zero-order valence-corrected chi connectivity index (χ0v) is 15.4. The lowest BCUT2D eigenvalue weighted by molar-refractivity contribution is 0.180. The predicted octanol–water partition coefficient (Wildman–Crippen LogP) is 2.60. The van der Waals surface area contributed by atoms with Crippen LogP contribution in [-0.4, -0.2) is 42.7 Å². The molecule has 2 fully saturated rings. The summed E-state index contributed by atoms with van der Waals surface area (Å²) in [5.41, 5.74) is 0.510. The number of aromatic nitrogens is 1. The first-order valence-corrected chi connectivity index (χ1v) is 9.57. The summed E-state index contributed by atoms with van der Waals surface area (Å²) in [5, 5.41) is -0.441. The van der Waals surface area contributed by atoms with E-state index < -0.39 is 20.8 Å². The van der Waals surface area contributed by atoms with Gasteiger partial charge in [-0.3, -0.25) is 4.98 Å². The van der Waals surface area contributed by atoms with Crippen LogP contribution in [0.5, 0.6) is 0 Å². The van der Waals surface area contributed by atoms with Gasteiger partial charge in [-0.2, -0.15) is 0 Å². The second kappa shape index (κ2) is 6.05. The van der Waals surface area contributed by atoms with Crippen LogP contribution in [0.3, 0.4) is 0 Å². The molecule has 2 atom stereocenters. The molecule has 0 spiro atoms. The van der Waals surface area contributed by atoms with E-state index in [1.807, 2.05) is 0 Å². The Hall–Kier alpha value is -1.02. The highest BCUT2D eigenvalue weighted by atomic mass is 35.5. The van der Waals surface area contributed by atoms with Crippen LogP contribution in [0.15, 0.2) is 26.2 Å². The average molecular weight is 393 g/mol. The molecule has 2 aromatic rings. The van der Waals surface area contributed by atoms with Crippen molar-refractivity contribution < 1.29 is 12.8 Å². The molecule has 132 valence electrons. The van der Waals surface area contributed by atoms with Crippen molar-refractivity contribution in [3.63, 3.8) is 0 Å². The van der Waals surface area contributed by atoms with Crippen LogP contribution in [0.2, 0.25) is 5.02 Å². The van der Waals surface area contributed by atoms with Crippen LogP contribution < -0.4 is 5.76 Å². The zero-order valence-electron chi connectivity index (χ0n) is 13.0. The lowest BCUT2D eigenvalue weighted by Crippen LogP contribution is -2.44. The number of aromatic amines is 1. The molecule has 1 aromatic carbocycles. The maximum atomic E-state index is 13.1. The molecule has 24 heavy (non-hydrogen) atoms. The van der Waals surface area contributed by atoms with Gasteiger partial charge in [-0.15, -0.1) is 12.4 Å². The van der Waals surface area contributed by atoms with E-state index in [2.05, 4.69) is 16.9 Å². The van der Waals surface area contributed by atoms with Crippen LogP contribution in [0.4, 0.5) is 0 Å². The number of hydrogen-bond acceptors (Lipinski definition) is 5. The Morgan fingerprint density at radius 1 is 1.25 bits per heavy atom. The first-order valence-electron chi connectivity index (χ1n) is 7.65. The van der Waals surface area contributed by atoms with Crippen LogP contribution in [0.25, 0.3) is 11.1 Å². The highest BCUT2D eigenvalue weighted by molar-refractivity contribution is 7.92. The quantitative estimate of drug-likeness (QED) is 0.848. The zero-order chi connectivity index (χ0) is 16.4. The molecule has 3 heterocycles. The standard InChI is InChI=1S/C15H17ClN2O4S.ClH/c1-18-8-2-3-9(18)7-10(6-8)23(20,21)12-5-4-11-14(13(12)16)22-15(19)17-11;/h4-5,8-10H,2-3,6-7H2,1H3,(H,17,19);1H. The minimum Gasteiger partial charge on any atom is -0.406 e. The van der Waals surface area contributed by atoms with Crippen molar-refractivity contribution >= 4 is 44.9 Å². The minimum absolute atomic E-state index is 0. The highest BCUT2D eigenvalue weighted by Gasteiger charge is 2.44. The molecule has 1 aromatic heterocycles. The van der Waals surface area contributed by atoms with Gasteiger partial charge in [0.2, 0.25) is 0 Å². The summed E-state index contributed by atoms with van der Waals surface area (Å²) in [5.74, 6) is -0.645. The Morgan fingerprint density at radius 2 is 1.88 bits per heavy atom. The molecule has 0 saturated carbocycles. The Labute approximate surface area is 150 Å². The lowest BCUT2D eigenvalue weighted by atomic mass is 10.0. The molecule has 0 radical (unpaired) electrons. The number of benzene rings is 1. The van der Waals surface area contributed by atoms with Gasteiger partial charge in [0.25, 0.3) is 0 Å². The molecule has 4 rings (SSSR count). The van der Waals surface area contributed by atoms with Gasteiger partial charge in [-0.05, 0) is 44.9 Å². The summed E-state index contributed by atoms with van der Waals surface area (Å²) in [6.07, 6.45) is 3.35. The molecular weight excluding hydrogens is 375 g/mol. The summed E-state index contributed by atoms with van der Waals surface area (Å²) in [7, 11) is -1.49. The van der Waals surface area contributed by atoms with E-state index in [-0.39, 0.29) is 27.9 Å². The maximum Gasteiger partial charge on any atom is 0.417 e. The van der Waals surface area contributed by atoms with Gasteiger partial charge in [0, 0.05) is 12.1 Å². The van der Waals surface area contributed by atoms with Gasteiger partial charge in [-0.1, -0.05) is 11.6 Å². The Balaban J connectivity index is 0.00000169. The molecule has 9 heteroatoms. The molecule has 6 nitrogen and oxygen atoms in total. The van der Waals surface area contributed by atoms with Crippen LogP contribution in [0, 0.1) is 0 Å². The van der Waals surface area contributed by atoms with E-state index in [4.69, 9.17) is 16.0 Å². The average Bonchev–Trinajstić information content (AvgIpc) is 2.94. The largest absolute Gasteiger partial charge is 0.417 e. The molecule has 2 aliphatic rings. The predicted molar refractivity (Wildman–Crippen MR) is 93.9 cm³/mol. The number of rotatable bonds is 2. The number of sulfone groups is 1. The van der Waals surface area contributed by atoms with Gasteiger partial charge >= 0.3 is 5.76 Å². The number of oxazole rings is 1. The number of halogens is 2. The SMILES string of the molecule is CN1C2CCC1CC(S(=O)(=O)c1ccc3[nH]c(=O)oc3c1Cl)C2.Cl. The van der Waals surface area contributed by atoms with Crippen LogP contribution in [0.1, 0.15) is 25.7 Å². The Morgan fingerprint density at radius 3 is 2.50 bits per heavy atom. The number of piperidine rings is 1. The molecule has 2 bridgehead atoms. The molecule has 0 aliphatic carbocycles. The molecule has 1 N–H and O–H groups in total. The van der Waals surface area contributed by atoms with Crippen molar-refractivity contribution in [3.05, 3.63) is 27.7 Å². The van der Waals surface area contributed by atoms with Crippen LogP contribution >= 0.6 is 24.0 Å². The number of nitrogens with zero attached hydrogens (tertiary/aromatic N) is 1. The Kier molecular flexibility index (Phi) is 4.49. The van der Waals surface area contributed by atoms with Gasteiger partial charge in [0.15, 0.2) is 15.4 Å². The van der Waals surface area contributed by atoms with E-state index in [0.717, 1.165) is 12.8 Å². The second-order valence-electron chi connectivity index (χ2n) is 6.46. The first-order chi connectivity index (χ1) is 10.9. The monoisotopic (exact) mass is 392 g/mol. The van der Waals surface area contributed by atoms with Crippen molar-refractivity contribution in [3.8, 4) is 0 Å². The summed E-state index contributed by atoms with van der Waals surface area (Å²) in [6, 6.07) is 3.64. The molecule has 0 amide bonds. The van der Waals surface area contributed by atoms with E-state index in [1.165, 1.54) is 12.1 Å². The van der Waals surface area contributed by atoms with Gasteiger partial charge < -0.3 is 9.32 Å². The first kappa shape index (κ1) is 17.8. The summed E-state index contributed by atoms with van der Waals surface area (Å²) in [6.45, 7) is 0. The number of hydrogen-bond donors (Lipinski definition) is 1. The number of nitrogens with one attached hydrogen (secondary N) is 1. The van der Waals surface area contributed by atoms with Gasteiger partial charge in [0.1, 0.15) is 5.02 Å². The van der Waals surface area contributed by atoms with Crippen molar-refractivity contribution in [1.29, 1.82) is 0 Å². The molecular formula is C15H18Cl2N2O4S. The van der Waals surface area contributed by atoms with E-state index in [9.17, 15) is 13.2 Å². The topological polar surface area (TPSA) is 83.4 Å². The normalized spacial score (nSPS) is 27.3. The third kappa shape index (κ3) is 2.58. The molecule has 2 saturated heterocycles. The van der Waals surface area contributed by atoms with Gasteiger partial charge in [-0.25, -0.2) is 13.2 Å². The van der Waals surface area contributed by atoms with Crippen molar-refractivity contribution in [2.24, 2.45) is 0 Å².